The van der Waals surface area contributed by atoms with E-state index >= 15 is 0 Å². The molecule has 2 aromatic rings. The van der Waals surface area contributed by atoms with E-state index in [9.17, 15) is 13.2 Å². The molecule has 0 fully saturated rings. The van der Waals surface area contributed by atoms with E-state index in [4.69, 9.17) is 0 Å². The lowest BCUT2D eigenvalue weighted by Gasteiger charge is -2.12. The summed E-state index contributed by atoms with van der Waals surface area (Å²) in [6.07, 6.45) is -3.51. The van der Waals surface area contributed by atoms with Crippen LogP contribution in [0.25, 0.3) is 0 Å². The summed E-state index contributed by atoms with van der Waals surface area (Å²) in [4.78, 5) is 4.26. The van der Waals surface area contributed by atoms with Gasteiger partial charge in [0.05, 0.1) is 11.3 Å². The van der Waals surface area contributed by atoms with Gasteiger partial charge in [0.15, 0.2) is 5.13 Å². The number of rotatable bonds is 4. The lowest BCUT2D eigenvalue weighted by Crippen LogP contribution is -2.11. The van der Waals surface area contributed by atoms with Crippen LogP contribution < -0.4 is 5.32 Å². The van der Waals surface area contributed by atoms with Gasteiger partial charge >= 0.3 is 6.18 Å². The van der Waals surface area contributed by atoms with Crippen molar-refractivity contribution in [3.8, 4) is 0 Å². The largest absolute Gasteiger partial charge is 0.416 e. The Morgan fingerprint density at radius 1 is 1.26 bits per heavy atom. The molecule has 0 unspecified atom stereocenters. The third-order valence-corrected chi connectivity index (χ3v) is 3.52. The molecule has 0 radical (unpaired) electrons. The molecule has 0 bridgehead atoms. The summed E-state index contributed by atoms with van der Waals surface area (Å²) in [5.74, 6) is 0. The van der Waals surface area contributed by atoms with Gasteiger partial charge in [0.2, 0.25) is 0 Å². The summed E-state index contributed by atoms with van der Waals surface area (Å²) in [6, 6.07) is 5.57. The Bertz CT molecular complexity index is 549. The van der Waals surface area contributed by atoms with Crippen LogP contribution in [0, 0.1) is 0 Å². The zero-order chi connectivity index (χ0) is 13.9. The zero-order valence-corrected chi connectivity index (χ0v) is 11.1. The van der Waals surface area contributed by atoms with Gasteiger partial charge in [-0.05, 0) is 18.1 Å². The number of aromatic nitrogens is 1. The minimum Gasteiger partial charge on any atom is -0.357 e. The highest BCUT2D eigenvalue weighted by atomic mass is 32.1. The van der Waals surface area contributed by atoms with Crippen LogP contribution in [0.1, 0.15) is 23.7 Å². The summed E-state index contributed by atoms with van der Waals surface area (Å²) < 4.78 is 38.4. The Labute approximate surface area is 113 Å². The molecule has 2 nitrogen and oxygen atoms in total. The molecule has 1 N–H and O–H groups in total. The molecule has 0 spiro atoms. The summed E-state index contributed by atoms with van der Waals surface area (Å²) in [5.41, 5.74) is 0.564. The van der Waals surface area contributed by atoms with E-state index in [2.05, 4.69) is 10.3 Å². The number of nitrogens with zero attached hydrogens (tertiary/aromatic N) is 1. The van der Waals surface area contributed by atoms with Crippen LogP contribution in [0.3, 0.4) is 0 Å². The van der Waals surface area contributed by atoms with Crippen molar-refractivity contribution in [2.75, 3.05) is 5.32 Å². The molecule has 1 aromatic heterocycles. The van der Waals surface area contributed by atoms with Gasteiger partial charge < -0.3 is 5.32 Å². The van der Waals surface area contributed by atoms with Crippen molar-refractivity contribution in [2.45, 2.75) is 26.1 Å². The Morgan fingerprint density at radius 3 is 2.63 bits per heavy atom. The number of hydrogen-bond acceptors (Lipinski definition) is 3. The monoisotopic (exact) mass is 286 g/mol. The van der Waals surface area contributed by atoms with Crippen LogP contribution in [0.4, 0.5) is 18.3 Å². The quantitative estimate of drug-likeness (QED) is 0.904. The Morgan fingerprint density at radius 2 is 2.00 bits per heavy atom. The second kappa shape index (κ2) is 5.61. The molecule has 0 atom stereocenters. The molecule has 6 heteroatoms. The van der Waals surface area contributed by atoms with Gasteiger partial charge in [0.25, 0.3) is 0 Å². The molecule has 1 aromatic carbocycles. The van der Waals surface area contributed by atoms with Gasteiger partial charge in [-0.25, -0.2) is 4.98 Å². The maximum Gasteiger partial charge on any atom is 0.416 e. The van der Waals surface area contributed by atoms with Gasteiger partial charge in [0.1, 0.15) is 0 Å². The van der Waals surface area contributed by atoms with Crippen LogP contribution in [0.2, 0.25) is 0 Å². The molecule has 0 aliphatic carbocycles. The first-order valence-corrected chi connectivity index (χ1v) is 6.72. The van der Waals surface area contributed by atoms with Gasteiger partial charge in [-0.3, -0.25) is 0 Å². The summed E-state index contributed by atoms with van der Waals surface area (Å²) in [7, 11) is 0. The topological polar surface area (TPSA) is 24.9 Å². The van der Waals surface area contributed by atoms with Gasteiger partial charge in [-0.15, -0.1) is 11.3 Å². The first-order valence-electron chi connectivity index (χ1n) is 5.84. The van der Waals surface area contributed by atoms with Gasteiger partial charge in [-0.2, -0.15) is 13.2 Å². The van der Waals surface area contributed by atoms with Gasteiger partial charge in [-0.1, -0.05) is 25.1 Å². The molecule has 2 rings (SSSR count). The number of benzene rings is 1. The van der Waals surface area contributed by atoms with Crippen LogP contribution >= 0.6 is 11.3 Å². The number of aryl methyl sites for hydroxylation is 1. The van der Waals surface area contributed by atoms with Crippen LogP contribution in [-0.4, -0.2) is 4.98 Å². The molecule has 0 saturated carbocycles. The first-order chi connectivity index (χ1) is 9.00. The highest BCUT2D eigenvalue weighted by Crippen LogP contribution is 2.32. The molecule has 0 aliphatic rings. The standard InChI is InChI=1S/C13H13F3N2S/c1-2-10-8-19-12(18-10)17-7-9-5-3-4-6-11(9)13(14,15)16/h3-6,8H,2,7H2,1H3,(H,17,18). The van der Waals surface area contributed by atoms with Crippen molar-refractivity contribution >= 4 is 16.5 Å². The average molecular weight is 286 g/mol. The van der Waals surface area contributed by atoms with Crippen LogP contribution in [0.5, 0.6) is 0 Å². The molecule has 0 amide bonds. The maximum atomic E-state index is 12.8. The van der Waals surface area contributed by atoms with E-state index < -0.39 is 11.7 Å². The normalized spacial score (nSPS) is 11.6. The number of thiazole rings is 1. The van der Waals surface area contributed by atoms with Crippen molar-refractivity contribution in [2.24, 2.45) is 0 Å². The number of halogens is 3. The lowest BCUT2D eigenvalue weighted by molar-refractivity contribution is -0.138. The predicted molar refractivity (Wildman–Crippen MR) is 70.3 cm³/mol. The number of nitrogens with one attached hydrogen (secondary N) is 1. The Kier molecular flexibility index (Phi) is 4.09. The van der Waals surface area contributed by atoms with Crippen molar-refractivity contribution in [3.05, 3.63) is 46.5 Å². The molecule has 1 heterocycles. The summed E-state index contributed by atoms with van der Waals surface area (Å²) >= 11 is 1.40. The first kappa shape index (κ1) is 13.9. The minimum atomic E-state index is -4.32. The van der Waals surface area contributed by atoms with E-state index in [1.54, 1.807) is 6.07 Å². The van der Waals surface area contributed by atoms with E-state index in [-0.39, 0.29) is 12.1 Å². The van der Waals surface area contributed by atoms with Crippen LogP contribution in [0.15, 0.2) is 29.6 Å². The molecular formula is C13H13F3N2S. The summed E-state index contributed by atoms with van der Waals surface area (Å²) in [6.45, 7) is 2.10. The molecule has 19 heavy (non-hydrogen) atoms. The molecule has 102 valence electrons. The molecule has 0 aliphatic heterocycles. The highest BCUT2D eigenvalue weighted by Gasteiger charge is 2.32. The predicted octanol–water partition coefficient (Wildman–Crippen LogP) is 4.34. The molecular weight excluding hydrogens is 273 g/mol. The highest BCUT2D eigenvalue weighted by molar-refractivity contribution is 7.13. The minimum absolute atomic E-state index is 0.117. The summed E-state index contributed by atoms with van der Waals surface area (Å²) in [5, 5.41) is 5.48. The van der Waals surface area contributed by atoms with E-state index in [1.165, 1.54) is 23.5 Å². The number of hydrogen-bond donors (Lipinski definition) is 1. The fourth-order valence-corrected chi connectivity index (χ4v) is 2.46. The van der Waals surface area contributed by atoms with E-state index in [1.807, 2.05) is 12.3 Å². The lowest BCUT2D eigenvalue weighted by atomic mass is 10.1. The Hall–Kier alpha value is -1.56. The second-order valence-corrected chi connectivity index (χ2v) is 4.86. The van der Waals surface area contributed by atoms with E-state index in [0.717, 1.165) is 18.2 Å². The second-order valence-electron chi connectivity index (χ2n) is 4.01. The van der Waals surface area contributed by atoms with Crippen molar-refractivity contribution in [1.82, 2.24) is 4.98 Å². The van der Waals surface area contributed by atoms with E-state index in [0.29, 0.717) is 5.13 Å². The van der Waals surface area contributed by atoms with Crippen molar-refractivity contribution in [3.63, 3.8) is 0 Å². The van der Waals surface area contributed by atoms with Crippen molar-refractivity contribution < 1.29 is 13.2 Å². The fourth-order valence-electron chi connectivity index (χ4n) is 1.67. The smallest absolute Gasteiger partial charge is 0.357 e. The molecule has 0 saturated heterocycles. The SMILES string of the molecule is CCc1csc(NCc2ccccc2C(F)(F)F)n1. The number of alkyl halides is 3. The van der Waals surface area contributed by atoms with Crippen LogP contribution in [-0.2, 0) is 19.1 Å². The zero-order valence-electron chi connectivity index (χ0n) is 10.3. The number of anilines is 1. The van der Waals surface area contributed by atoms with Crippen molar-refractivity contribution in [1.29, 1.82) is 0 Å². The average Bonchev–Trinajstić information content (AvgIpc) is 2.83. The maximum absolute atomic E-state index is 12.8. The third kappa shape index (κ3) is 3.47. The van der Waals surface area contributed by atoms with Gasteiger partial charge in [0, 0.05) is 11.9 Å². The fraction of sp³-hybridized carbons (Fsp3) is 0.308. The Balaban J connectivity index is 2.11. The third-order valence-electron chi connectivity index (χ3n) is 2.67.